The van der Waals surface area contributed by atoms with Gasteiger partial charge in [-0.1, -0.05) is 31.2 Å². The maximum atomic E-state index is 3.79. The fourth-order valence-electron chi connectivity index (χ4n) is 3.32. The van der Waals surface area contributed by atoms with Crippen LogP contribution in [0.25, 0.3) is 0 Å². The van der Waals surface area contributed by atoms with E-state index in [4.69, 9.17) is 0 Å². The van der Waals surface area contributed by atoms with Gasteiger partial charge >= 0.3 is 0 Å². The first-order chi connectivity index (χ1) is 9.70. The van der Waals surface area contributed by atoms with E-state index in [-0.39, 0.29) is 0 Å². The number of rotatable bonds is 5. The molecule has 0 spiro atoms. The molecule has 1 aliphatic carbocycles. The predicted molar refractivity (Wildman–Crippen MR) is 87.7 cm³/mol. The van der Waals surface area contributed by atoms with Crippen LogP contribution in [0.15, 0.2) is 30.3 Å². The largest absolute Gasteiger partial charge is 0.309 e. The van der Waals surface area contributed by atoms with Crippen molar-refractivity contribution in [3.05, 3.63) is 56.8 Å². The van der Waals surface area contributed by atoms with E-state index in [0.29, 0.717) is 12.0 Å². The second-order valence-corrected chi connectivity index (χ2v) is 7.27. The summed E-state index contributed by atoms with van der Waals surface area (Å²) in [5.41, 5.74) is 4.59. The summed E-state index contributed by atoms with van der Waals surface area (Å²) in [5, 5.41) is 3.79. The van der Waals surface area contributed by atoms with Gasteiger partial charge in [-0.3, -0.25) is 0 Å². The molecule has 0 fully saturated rings. The molecule has 0 aliphatic heterocycles. The summed E-state index contributed by atoms with van der Waals surface area (Å²) in [6.07, 6.45) is 2.40. The maximum Gasteiger partial charge on any atom is 0.0403 e. The quantitative estimate of drug-likeness (QED) is 0.836. The molecule has 1 N–H and O–H groups in total. The van der Waals surface area contributed by atoms with Gasteiger partial charge in [0.15, 0.2) is 0 Å². The van der Waals surface area contributed by atoms with Crippen molar-refractivity contribution in [2.75, 3.05) is 6.54 Å². The summed E-state index contributed by atoms with van der Waals surface area (Å²) in [5.74, 6) is 0.644. The third-order valence-electron chi connectivity index (χ3n) is 4.33. The fourth-order valence-corrected chi connectivity index (χ4v) is 4.30. The van der Waals surface area contributed by atoms with E-state index in [1.54, 1.807) is 5.56 Å². The first kappa shape index (κ1) is 13.8. The van der Waals surface area contributed by atoms with Gasteiger partial charge in [-0.2, -0.15) is 0 Å². The van der Waals surface area contributed by atoms with Crippen LogP contribution in [0.2, 0.25) is 0 Å². The normalized spacial score (nSPS) is 18.4. The molecule has 0 radical (unpaired) electrons. The maximum absolute atomic E-state index is 3.79. The van der Waals surface area contributed by atoms with Crippen LogP contribution in [0, 0.1) is 13.8 Å². The van der Waals surface area contributed by atoms with E-state index in [0.717, 1.165) is 6.54 Å². The minimum Gasteiger partial charge on any atom is -0.309 e. The Balaban J connectivity index is 1.90. The lowest BCUT2D eigenvalue weighted by molar-refractivity contribution is 0.411. The standard InChI is InChI=1S/C18H23NS/c1-4-9-19-18(16-10-12(2)20-13(16)3)17-11-14-7-5-6-8-15(14)17/h5-8,10,17-19H,4,9,11H2,1-3H3. The zero-order chi connectivity index (χ0) is 14.1. The highest BCUT2D eigenvalue weighted by atomic mass is 32.1. The van der Waals surface area contributed by atoms with Crippen molar-refractivity contribution in [2.45, 2.75) is 45.6 Å². The number of benzene rings is 1. The molecule has 0 saturated heterocycles. The Labute approximate surface area is 126 Å². The molecule has 2 aromatic rings. The predicted octanol–water partition coefficient (Wildman–Crippen LogP) is 4.75. The number of hydrogen-bond acceptors (Lipinski definition) is 2. The molecule has 1 heterocycles. The number of aryl methyl sites for hydroxylation is 2. The topological polar surface area (TPSA) is 12.0 Å². The number of nitrogens with one attached hydrogen (secondary N) is 1. The highest BCUT2D eigenvalue weighted by molar-refractivity contribution is 7.12. The van der Waals surface area contributed by atoms with Crippen LogP contribution in [0.5, 0.6) is 0 Å². The summed E-state index contributed by atoms with van der Waals surface area (Å²) in [6.45, 7) is 7.81. The molecule has 1 aliphatic rings. The van der Waals surface area contributed by atoms with Crippen LogP contribution in [0.1, 0.15) is 51.7 Å². The van der Waals surface area contributed by atoms with Crippen LogP contribution >= 0.6 is 11.3 Å². The summed E-state index contributed by atoms with van der Waals surface area (Å²) in [4.78, 5) is 2.90. The molecule has 2 heteroatoms. The van der Waals surface area contributed by atoms with E-state index in [1.165, 1.54) is 33.7 Å². The summed E-state index contributed by atoms with van der Waals surface area (Å²) in [6, 6.07) is 11.8. The minimum atomic E-state index is 0.481. The van der Waals surface area contributed by atoms with Gasteiger partial charge in [0.25, 0.3) is 0 Å². The average molecular weight is 285 g/mol. The Morgan fingerprint density at radius 3 is 2.75 bits per heavy atom. The van der Waals surface area contributed by atoms with E-state index < -0.39 is 0 Å². The monoisotopic (exact) mass is 285 g/mol. The SMILES string of the molecule is CCCNC(c1cc(C)sc1C)C1Cc2ccccc21. The molecule has 2 atom stereocenters. The third-order valence-corrected chi connectivity index (χ3v) is 5.31. The molecular weight excluding hydrogens is 262 g/mol. The Kier molecular flexibility index (Phi) is 3.95. The van der Waals surface area contributed by atoms with Crippen LogP contribution in [0.3, 0.4) is 0 Å². The van der Waals surface area contributed by atoms with Gasteiger partial charge < -0.3 is 5.32 Å². The lowest BCUT2D eigenvalue weighted by Crippen LogP contribution is -2.33. The second-order valence-electron chi connectivity index (χ2n) is 5.81. The minimum absolute atomic E-state index is 0.481. The van der Waals surface area contributed by atoms with Crippen molar-refractivity contribution in [3.8, 4) is 0 Å². The summed E-state index contributed by atoms with van der Waals surface area (Å²) >= 11 is 1.92. The van der Waals surface area contributed by atoms with Gasteiger partial charge in [0.05, 0.1) is 0 Å². The van der Waals surface area contributed by atoms with Crippen LogP contribution in [-0.2, 0) is 6.42 Å². The Morgan fingerprint density at radius 2 is 2.10 bits per heavy atom. The van der Waals surface area contributed by atoms with Gasteiger partial charge in [-0.25, -0.2) is 0 Å². The Bertz CT molecular complexity index is 599. The first-order valence-corrected chi connectivity index (χ1v) is 8.40. The number of thiophene rings is 1. The van der Waals surface area contributed by atoms with Crippen LogP contribution in [-0.4, -0.2) is 6.54 Å². The molecule has 1 nitrogen and oxygen atoms in total. The van der Waals surface area contributed by atoms with E-state index in [1.807, 2.05) is 11.3 Å². The molecule has 106 valence electrons. The summed E-state index contributed by atoms with van der Waals surface area (Å²) < 4.78 is 0. The van der Waals surface area contributed by atoms with Gasteiger partial charge in [-0.15, -0.1) is 11.3 Å². The van der Waals surface area contributed by atoms with Crippen molar-refractivity contribution >= 4 is 11.3 Å². The average Bonchev–Trinajstić information content (AvgIpc) is 2.74. The van der Waals surface area contributed by atoms with Gasteiger partial charge in [0, 0.05) is 21.7 Å². The van der Waals surface area contributed by atoms with Crippen molar-refractivity contribution in [2.24, 2.45) is 0 Å². The molecule has 3 rings (SSSR count). The van der Waals surface area contributed by atoms with Crippen molar-refractivity contribution in [1.29, 1.82) is 0 Å². The van der Waals surface area contributed by atoms with Gasteiger partial charge in [-0.05, 0) is 56.0 Å². The highest BCUT2D eigenvalue weighted by Gasteiger charge is 2.34. The molecule has 0 bridgehead atoms. The van der Waals surface area contributed by atoms with Crippen molar-refractivity contribution in [3.63, 3.8) is 0 Å². The van der Waals surface area contributed by atoms with E-state index in [9.17, 15) is 0 Å². The Morgan fingerprint density at radius 1 is 1.30 bits per heavy atom. The molecule has 0 amide bonds. The highest BCUT2D eigenvalue weighted by Crippen LogP contribution is 2.45. The lowest BCUT2D eigenvalue weighted by Gasteiger charge is -2.37. The molecular formula is C18H23NS. The van der Waals surface area contributed by atoms with Crippen molar-refractivity contribution in [1.82, 2.24) is 5.32 Å². The lowest BCUT2D eigenvalue weighted by atomic mass is 9.71. The Hall–Kier alpha value is -1.12. The van der Waals surface area contributed by atoms with Crippen molar-refractivity contribution < 1.29 is 0 Å². The zero-order valence-electron chi connectivity index (χ0n) is 12.6. The summed E-state index contributed by atoms with van der Waals surface area (Å²) in [7, 11) is 0. The van der Waals surface area contributed by atoms with E-state index >= 15 is 0 Å². The molecule has 20 heavy (non-hydrogen) atoms. The smallest absolute Gasteiger partial charge is 0.0403 e. The number of hydrogen-bond donors (Lipinski definition) is 1. The van der Waals surface area contributed by atoms with Gasteiger partial charge in [0.1, 0.15) is 0 Å². The fraction of sp³-hybridized carbons (Fsp3) is 0.444. The van der Waals surface area contributed by atoms with E-state index in [2.05, 4.69) is 56.4 Å². The molecule has 1 aromatic carbocycles. The first-order valence-electron chi connectivity index (χ1n) is 7.58. The van der Waals surface area contributed by atoms with Gasteiger partial charge in [0.2, 0.25) is 0 Å². The number of fused-ring (bicyclic) bond motifs is 1. The van der Waals surface area contributed by atoms with Crippen LogP contribution in [0.4, 0.5) is 0 Å². The molecule has 0 saturated carbocycles. The molecule has 1 aromatic heterocycles. The zero-order valence-corrected chi connectivity index (χ0v) is 13.4. The second kappa shape index (κ2) is 5.71. The van der Waals surface area contributed by atoms with Crippen LogP contribution < -0.4 is 5.32 Å². The third kappa shape index (κ3) is 2.43. The molecule has 2 unspecified atom stereocenters.